The summed E-state index contributed by atoms with van der Waals surface area (Å²) in [4.78, 5) is 0. The molecule has 0 aliphatic heterocycles. The van der Waals surface area contributed by atoms with E-state index in [-0.39, 0.29) is 0 Å². The highest BCUT2D eigenvalue weighted by Crippen LogP contribution is 2.37. The van der Waals surface area contributed by atoms with E-state index in [2.05, 4.69) is 38.1 Å². The zero-order valence-corrected chi connectivity index (χ0v) is 17.4. The van der Waals surface area contributed by atoms with E-state index in [9.17, 15) is 10.2 Å². The highest BCUT2D eigenvalue weighted by molar-refractivity contribution is 5.19. The lowest BCUT2D eigenvalue weighted by Crippen LogP contribution is -2.34. The highest BCUT2D eigenvalue weighted by Gasteiger charge is 2.32. The van der Waals surface area contributed by atoms with E-state index >= 15 is 0 Å². The average Bonchev–Trinajstić information content (AvgIpc) is 2.61. The Bertz CT molecular complexity index is 514. The molecule has 26 heavy (non-hydrogen) atoms. The van der Waals surface area contributed by atoms with Crippen LogP contribution in [0.15, 0.2) is 30.3 Å². The van der Waals surface area contributed by atoms with Gasteiger partial charge >= 0.3 is 0 Å². The fourth-order valence-corrected chi connectivity index (χ4v) is 4.87. The summed E-state index contributed by atoms with van der Waals surface area (Å²) in [6.45, 7) is 8.36. The predicted molar refractivity (Wildman–Crippen MR) is 110 cm³/mol. The Morgan fingerprint density at radius 1 is 0.885 bits per heavy atom. The summed E-state index contributed by atoms with van der Waals surface area (Å²) in [7, 11) is 0. The molecule has 0 bridgehead atoms. The standard InChI is InChI=1S/C24H40O2/c1-19(21-11-7-5-8-12-21)17-23(3,25)15-16-24(4,26)18-20(2)22-13-9-6-10-14-22/h5,7-8,11-12,19-20,22,25-26H,6,9-10,13-18H2,1-4H3. The van der Waals surface area contributed by atoms with Crippen LogP contribution in [-0.4, -0.2) is 21.4 Å². The third kappa shape index (κ3) is 7.04. The summed E-state index contributed by atoms with van der Waals surface area (Å²) >= 11 is 0. The van der Waals surface area contributed by atoms with Crippen molar-refractivity contribution in [2.24, 2.45) is 11.8 Å². The maximum atomic E-state index is 10.9. The summed E-state index contributed by atoms with van der Waals surface area (Å²) < 4.78 is 0. The van der Waals surface area contributed by atoms with Gasteiger partial charge in [-0.25, -0.2) is 0 Å². The topological polar surface area (TPSA) is 40.5 Å². The monoisotopic (exact) mass is 360 g/mol. The Kier molecular flexibility index (Phi) is 7.73. The molecule has 0 spiro atoms. The SMILES string of the molecule is CC(CC(C)(O)CCC(C)(O)CC(C)C1CCCCC1)c1ccccc1. The second-order valence-electron chi connectivity index (χ2n) is 9.59. The van der Waals surface area contributed by atoms with E-state index in [1.165, 1.54) is 37.7 Å². The van der Waals surface area contributed by atoms with Crippen LogP contribution in [0, 0.1) is 11.8 Å². The molecule has 0 radical (unpaired) electrons. The Balaban J connectivity index is 1.82. The minimum absolute atomic E-state index is 0.317. The van der Waals surface area contributed by atoms with E-state index in [1.54, 1.807) is 0 Å². The van der Waals surface area contributed by atoms with Crippen LogP contribution in [0.3, 0.4) is 0 Å². The molecule has 1 aliphatic carbocycles. The van der Waals surface area contributed by atoms with E-state index in [0.29, 0.717) is 24.7 Å². The average molecular weight is 361 g/mol. The molecule has 2 N–H and O–H groups in total. The number of aliphatic hydroxyl groups is 2. The smallest absolute Gasteiger partial charge is 0.0626 e. The molecule has 2 rings (SSSR count). The highest BCUT2D eigenvalue weighted by atomic mass is 16.3. The Hall–Kier alpha value is -0.860. The molecule has 2 heteroatoms. The molecule has 2 nitrogen and oxygen atoms in total. The minimum Gasteiger partial charge on any atom is -0.390 e. The van der Waals surface area contributed by atoms with Gasteiger partial charge in [0.1, 0.15) is 0 Å². The lowest BCUT2D eigenvalue weighted by Gasteiger charge is -2.35. The molecule has 1 fully saturated rings. The van der Waals surface area contributed by atoms with Gasteiger partial charge in [0.15, 0.2) is 0 Å². The summed E-state index contributed by atoms with van der Waals surface area (Å²) in [5.74, 6) is 1.66. The van der Waals surface area contributed by atoms with Gasteiger partial charge < -0.3 is 10.2 Å². The number of benzene rings is 1. The van der Waals surface area contributed by atoms with E-state index in [0.717, 1.165) is 18.8 Å². The van der Waals surface area contributed by atoms with Gasteiger partial charge in [0, 0.05) is 0 Å². The molecule has 0 amide bonds. The Morgan fingerprint density at radius 3 is 2.00 bits per heavy atom. The van der Waals surface area contributed by atoms with Gasteiger partial charge in [-0.1, -0.05) is 76.3 Å². The molecular weight excluding hydrogens is 320 g/mol. The van der Waals surface area contributed by atoms with Crippen molar-refractivity contribution < 1.29 is 10.2 Å². The van der Waals surface area contributed by atoms with Crippen LogP contribution in [0.1, 0.15) is 97.0 Å². The molecule has 4 atom stereocenters. The van der Waals surface area contributed by atoms with Gasteiger partial charge in [-0.2, -0.15) is 0 Å². The molecule has 1 aromatic carbocycles. The van der Waals surface area contributed by atoms with Gasteiger partial charge in [0.25, 0.3) is 0 Å². The third-order valence-corrected chi connectivity index (χ3v) is 6.53. The second-order valence-corrected chi connectivity index (χ2v) is 9.59. The van der Waals surface area contributed by atoms with E-state index in [4.69, 9.17) is 0 Å². The van der Waals surface area contributed by atoms with Crippen LogP contribution < -0.4 is 0 Å². The zero-order chi connectivity index (χ0) is 19.2. The van der Waals surface area contributed by atoms with Gasteiger partial charge in [-0.15, -0.1) is 0 Å². The van der Waals surface area contributed by atoms with Crippen LogP contribution in [0.2, 0.25) is 0 Å². The van der Waals surface area contributed by atoms with Gasteiger partial charge in [-0.05, 0) is 62.8 Å². The summed E-state index contributed by atoms with van der Waals surface area (Å²) in [6.07, 6.45) is 9.61. The van der Waals surface area contributed by atoms with Crippen molar-refractivity contribution in [2.75, 3.05) is 0 Å². The van der Waals surface area contributed by atoms with Crippen molar-refractivity contribution in [3.63, 3.8) is 0 Å². The van der Waals surface area contributed by atoms with Gasteiger partial charge in [-0.3, -0.25) is 0 Å². The first kappa shape index (κ1) is 21.4. The molecule has 0 saturated heterocycles. The summed E-state index contributed by atoms with van der Waals surface area (Å²) in [5, 5.41) is 21.8. The van der Waals surface area contributed by atoms with Crippen molar-refractivity contribution in [3.05, 3.63) is 35.9 Å². The fraction of sp³-hybridized carbons (Fsp3) is 0.750. The van der Waals surface area contributed by atoms with Gasteiger partial charge in [0.05, 0.1) is 11.2 Å². The van der Waals surface area contributed by atoms with Crippen LogP contribution in [0.5, 0.6) is 0 Å². The van der Waals surface area contributed by atoms with Crippen LogP contribution in [0.25, 0.3) is 0 Å². The first-order valence-corrected chi connectivity index (χ1v) is 10.7. The Labute approximate surface area is 161 Å². The van der Waals surface area contributed by atoms with E-state index < -0.39 is 11.2 Å². The van der Waals surface area contributed by atoms with Crippen molar-refractivity contribution in [1.29, 1.82) is 0 Å². The van der Waals surface area contributed by atoms with Gasteiger partial charge in [0.2, 0.25) is 0 Å². The summed E-state index contributed by atoms with van der Waals surface area (Å²) in [6, 6.07) is 10.4. The van der Waals surface area contributed by atoms with Crippen molar-refractivity contribution in [2.45, 2.75) is 103 Å². The number of hydrogen-bond donors (Lipinski definition) is 2. The molecule has 1 aromatic rings. The first-order valence-electron chi connectivity index (χ1n) is 10.7. The largest absolute Gasteiger partial charge is 0.390 e. The lowest BCUT2D eigenvalue weighted by atomic mass is 9.74. The minimum atomic E-state index is -0.743. The Morgan fingerprint density at radius 2 is 1.42 bits per heavy atom. The van der Waals surface area contributed by atoms with Crippen LogP contribution >= 0.6 is 0 Å². The summed E-state index contributed by atoms with van der Waals surface area (Å²) in [5.41, 5.74) is -0.157. The lowest BCUT2D eigenvalue weighted by molar-refractivity contribution is -0.0249. The normalized spacial score (nSPS) is 23.0. The zero-order valence-electron chi connectivity index (χ0n) is 17.4. The number of rotatable bonds is 9. The van der Waals surface area contributed by atoms with E-state index in [1.807, 2.05) is 19.9 Å². The third-order valence-electron chi connectivity index (χ3n) is 6.53. The fourth-order valence-electron chi connectivity index (χ4n) is 4.87. The quantitative estimate of drug-likeness (QED) is 0.561. The molecule has 148 valence electrons. The van der Waals surface area contributed by atoms with Crippen molar-refractivity contribution in [3.8, 4) is 0 Å². The molecule has 1 saturated carbocycles. The predicted octanol–water partition coefficient (Wildman–Crippen LogP) is 6.07. The van der Waals surface area contributed by atoms with Crippen molar-refractivity contribution in [1.82, 2.24) is 0 Å². The van der Waals surface area contributed by atoms with Crippen LogP contribution in [-0.2, 0) is 0 Å². The molecule has 0 heterocycles. The molecule has 0 aromatic heterocycles. The first-order chi connectivity index (χ1) is 12.2. The maximum Gasteiger partial charge on any atom is 0.0626 e. The molecule has 4 unspecified atom stereocenters. The molecular formula is C24H40O2. The second kappa shape index (κ2) is 9.37. The maximum absolute atomic E-state index is 10.9. The van der Waals surface area contributed by atoms with Crippen LogP contribution in [0.4, 0.5) is 0 Å². The van der Waals surface area contributed by atoms with Crippen molar-refractivity contribution >= 4 is 0 Å². The molecule has 1 aliphatic rings. The number of hydrogen-bond acceptors (Lipinski definition) is 2.